The second-order valence-electron chi connectivity index (χ2n) is 8.83. The first kappa shape index (κ1) is 19.7. The zero-order valence-corrected chi connectivity index (χ0v) is 17.7. The number of benzene rings is 3. The third kappa shape index (κ3) is 3.57. The topological polar surface area (TPSA) is 38.0 Å². The third-order valence-corrected chi connectivity index (χ3v) is 6.65. The molecule has 4 aromatic rings. The van der Waals surface area contributed by atoms with E-state index in [2.05, 4.69) is 49.3 Å². The van der Waals surface area contributed by atoms with Gasteiger partial charge in [-0.05, 0) is 83.5 Å². The summed E-state index contributed by atoms with van der Waals surface area (Å²) in [5, 5.41) is 18.0. The number of nitrogens with zero attached hydrogens (tertiary/aromatic N) is 2. The molecule has 5 rings (SSSR count). The van der Waals surface area contributed by atoms with Crippen LogP contribution < -0.4 is 0 Å². The van der Waals surface area contributed by atoms with Crippen molar-refractivity contribution in [2.45, 2.75) is 32.8 Å². The Kier molecular flexibility index (Phi) is 4.75. The molecule has 1 heterocycles. The summed E-state index contributed by atoms with van der Waals surface area (Å²) in [6.45, 7) is 4.33. The third-order valence-electron chi connectivity index (χ3n) is 6.65. The number of aromatic nitrogens is 2. The Bertz CT molecular complexity index is 1290. The molecule has 0 radical (unpaired) electrons. The van der Waals surface area contributed by atoms with Crippen LogP contribution in [-0.4, -0.2) is 14.9 Å². The van der Waals surface area contributed by atoms with Gasteiger partial charge in [-0.25, -0.2) is 9.07 Å². The molecule has 1 N–H and O–H groups in total. The van der Waals surface area contributed by atoms with Crippen molar-refractivity contribution in [1.29, 1.82) is 0 Å². The summed E-state index contributed by atoms with van der Waals surface area (Å²) in [6.07, 6.45) is 4.93. The minimum atomic E-state index is -0.549. The van der Waals surface area contributed by atoms with E-state index in [4.69, 9.17) is 0 Å². The molecule has 4 heteroatoms. The molecule has 2 atom stereocenters. The predicted octanol–water partition coefficient (Wildman–Crippen LogP) is 6.25. The standard InChI is InChI=1S/C27H25FN2O/c1-18-13-25-22(17-29-30(25)24-11-9-23(28)10-12-24)15-27(18,2)16-26(31)21-8-7-19-5-3-4-6-20(19)14-21/h3-14,17,26,31H,15-16H2,1-2H3/t26?,27-/m0/s1. The van der Waals surface area contributed by atoms with Crippen molar-refractivity contribution in [2.75, 3.05) is 0 Å². The van der Waals surface area contributed by atoms with Gasteiger partial charge in [0, 0.05) is 0 Å². The van der Waals surface area contributed by atoms with Crippen LogP contribution in [0.25, 0.3) is 22.5 Å². The Morgan fingerprint density at radius 1 is 1.06 bits per heavy atom. The van der Waals surface area contributed by atoms with Gasteiger partial charge in [0.05, 0.1) is 23.7 Å². The molecule has 0 saturated heterocycles. The highest BCUT2D eigenvalue weighted by Gasteiger charge is 2.35. The number of rotatable bonds is 4. The van der Waals surface area contributed by atoms with E-state index in [-0.39, 0.29) is 11.2 Å². The van der Waals surface area contributed by atoms with Crippen molar-refractivity contribution in [3.05, 3.63) is 101 Å². The lowest BCUT2D eigenvalue weighted by atomic mass is 9.70. The molecule has 1 aliphatic carbocycles. The lowest BCUT2D eigenvalue weighted by molar-refractivity contribution is 0.121. The highest BCUT2D eigenvalue weighted by atomic mass is 19.1. The fourth-order valence-corrected chi connectivity index (χ4v) is 4.60. The number of hydrogen-bond acceptors (Lipinski definition) is 2. The Morgan fingerprint density at radius 2 is 1.81 bits per heavy atom. The van der Waals surface area contributed by atoms with E-state index in [0.29, 0.717) is 6.42 Å². The molecule has 1 unspecified atom stereocenters. The van der Waals surface area contributed by atoms with Crippen LogP contribution in [0.2, 0.25) is 0 Å². The Balaban J connectivity index is 1.42. The van der Waals surface area contributed by atoms with Gasteiger partial charge in [-0.2, -0.15) is 5.10 Å². The van der Waals surface area contributed by atoms with Crippen LogP contribution in [0.1, 0.15) is 43.2 Å². The lowest BCUT2D eigenvalue weighted by Gasteiger charge is -2.36. The van der Waals surface area contributed by atoms with E-state index in [1.807, 2.05) is 29.1 Å². The van der Waals surface area contributed by atoms with Crippen molar-refractivity contribution in [1.82, 2.24) is 9.78 Å². The van der Waals surface area contributed by atoms with Crippen LogP contribution in [0.4, 0.5) is 4.39 Å². The monoisotopic (exact) mass is 412 g/mol. The first-order valence-corrected chi connectivity index (χ1v) is 10.6. The van der Waals surface area contributed by atoms with E-state index >= 15 is 0 Å². The fourth-order valence-electron chi connectivity index (χ4n) is 4.60. The molecular formula is C27H25FN2O. The molecule has 0 spiro atoms. The van der Waals surface area contributed by atoms with Crippen LogP contribution in [-0.2, 0) is 6.42 Å². The zero-order valence-electron chi connectivity index (χ0n) is 17.7. The van der Waals surface area contributed by atoms with Crippen LogP contribution in [0.15, 0.2) is 78.5 Å². The SMILES string of the molecule is CC1=Cc2c(cnn2-c2ccc(F)cc2)C[C@@]1(C)CC(O)c1ccc2ccccc2c1. The van der Waals surface area contributed by atoms with Gasteiger partial charge in [0.15, 0.2) is 0 Å². The molecular weight excluding hydrogens is 387 g/mol. The van der Waals surface area contributed by atoms with E-state index in [1.54, 1.807) is 12.1 Å². The van der Waals surface area contributed by atoms with Crippen LogP contribution in [0.5, 0.6) is 0 Å². The van der Waals surface area contributed by atoms with E-state index in [9.17, 15) is 9.50 Å². The molecule has 156 valence electrons. The number of fused-ring (bicyclic) bond motifs is 2. The van der Waals surface area contributed by atoms with Gasteiger partial charge in [-0.15, -0.1) is 0 Å². The summed E-state index contributed by atoms with van der Waals surface area (Å²) in [7, 11) is 0. The van der Waals surface area contributed by atoms with E-state index in [1.165, 1.54) is 23.1 Å². The molecule has 0 bridgehead atoms. The summed E-state index contributed by atoms with van der Waals surface area (Å²) in [6, 6.07) is 20.8. The Labute approximate surface area is 181 Å². The van der Waals surface area contributed by atoms with Gasteiger partial charge in [0.1, 0.15) is 5.82 Å². The molecule has 0 saturated carbocycles. The summed E-state index contributed by atoms with van der Waals surface area (Å²) >= 11 is 0. The predicted molar refractivity (Wildman–Crippen MR) is 123 cm³/mol. The zero-order chi connectivity index (χ0) is 21.6. The van der Waals surface area contributed by atoms with Gasteiger partial charge < -0.3 is 5.11 Å². The average molecular weight is 413 g/mol. The van der Waals surface area contributed by atoms with Crippen molar-refractivity contribution in [2.24, 2.45) is 5.41 Å². The molecule has 3 nitrogen and oxygen atoms in total. The smallest absolute Gasteiger partial charge is 0.123 e. The summed E-state index contributed by atoms with van der Waals surface area (Å²) in [5.41, 5.74) is 5.00. The average Bonchev–Trinajstić information content (AvgIpc) is 3.16. The Morgan fingerprint density at radius 3 is 2.58 bits per heavy atom. The second-order valence-corrected chi connectivity index (χ2v) is 8.83. The first-order valence-electron chi connectivity index (χ1n) is 10.6. The lowest BCUT2D eigenvalue weighted by Crippen LogP contribution is -2.27. The molecule has 1 aliphatic rings. The summed E-state index contributed by atoms with van der Waals surface area (Å²) < 4.78 is 15.2. The normalized spacial score (nSPS) is 19.2. The maximum Gasteiger partial charge on any atom is 0.123 e. The number of allylic oxidation sites excluding steroid dienone is 1. The number of aliphatic hydroxyl groups excluding tert-OH is 1. The van der Waals surface area contributed by atoms with Crippen LogP contribution in [0, 0.1) is 11.2 Å². The molecule has 3 aromatic carbocycles. The highest BCUT2D eigenvalue weighted by Crippen LogP contribution is 2.44. The van der Waals surface area contributed by atoms with Gasteiger partial charge >= 0.3 is 0 Å². The van der Waals surface area contributed by atoms with Crippen molar-refractivity contribution < 1.29 is 9.50 Å². The minimum absolute atomic E-state index is 0.172. The Hall–Kier alpha value is -3.24. The van der Waals surface area contributed by atoms with Gasteiger partial charge in [0.2, 0.25) is 0 Å². The molecule has 0 aliphatic heterocycles. The fraction of sp³-hybridized carbons (Fsp3) is 0.222. The van der Waals surface area contributed by atoms with Crippen LogP contribution in [0.3, 0.4) is 0 Å². The van der Waals surface area contributed by atoms with Gasteiger partial charge in [-0.1, -0.05) is 48.9 Å². The molecule has 31 heavy (non-hydrogen) atoms. The van der Waals surface area contributed by atoms with Crippen molar-refractivity contribution in [3.8, 4) is 5.69 Å². The van der Waals surface area contributed by atoms with E-state index < -0.39 is 6.10 Å². The van der Waals surface area contributed by atoms with Gasteiger partial charge in [-0.3, -0.25) is 0 Å². The second kappa shape index (κ2) is 7.47. The first-order chi connectivity index (χ1) is 14.9. The number of halogens is 1. The largest absolute Gasteiger partial charge is 0.388 e. The quantitative estimate of drug-likeness (QED) is 0.430. The maximum atomic E-state index is 13.3. The number of hydrogen-bond donors (Lipinski definition) is 1. The van der Waals surface area contributed by atoms with E-state index in [0.717, 1.165) is 34.3 Å². The van der Waals surface area contributed by atoms with Crippen LogP contribution >= 0.6 is 0 Å². The maximum absolute atomic E-state index is 13.3. The van der Waals surface area contributed by atoms with Crippen molar-refractivity contribution >= 4 is 16.8 Å². The highest BCUT2D eigenvalue weighted by molar-refractivity contribution is 5.83. The van der Waals surface area contributed by atoms with Gasteiger partial charge in [0.25, 0.3) is 0 Å². The number of aliphatic hydroxyl groups is 1. The summed E-state index contributed by atoms with van der Waals surface area (Å²) in [5.74, 6) is -0.258. The minimum Gasteiger partial charge on any atom is -0.388 e. The van der Waals surface area contributed by atoms with Crippen molar-refractivity contribution in [3.63, 3.8) is 0 Å². The molecule has 1 aromatic heterocycles. The summed E-state index contributed by atoms with van der Waals surface area (Å²) in [4.78, 5) is 0. The molecule has 0 amide bonds. The molecule has 0 fully saturated rings.